The molecule has 0 aromatic carbocycles. The number of hydrogen-bond acceptors (Lipinski definition) is 1. The fraction of sp³-hybridized carbons (Fsp3) is 0.750. The van der Waals surface area contributed by atoms with Crippen molar-refractivity contribution in [1.29, 1.82) is 0 Å². The van der Waals surface area contributed by atoms with Crippen molar-refractivity contribution in [3.63, 3.8) is 0 Å². The molecule has 1 aliphatic heterocycles. The topological polar surface area (TPSA) is 9.23 Å². The van der Waals surface area contributed by atoms with E-state index in [0.717, 1.165) is 13.0 Å². The van der Waals surface area contributed by atoms with Crippen LogP contribution in [0.5, 0.6) is 0 Å². The van der Waals surface area contributed by atoms with E-state index in [2.05, 4.69) is 32.1 Å². The first-order chi connectivity index (χ1) is 8.30. The molecule has 1 heterocycles. The van der Waals surface area contributed by atoms with E-state index in [1.54, 1.807) is 5.57 Å². The maximum absolute atomic E-state index is 6.01. The zero-order chi connectivity index (χ0) is 12.1. The summed E-state index contributed by atoms with van der Waals surface area (Å²) in [6, 6.07) is 0. The molecule has 0 aromatic heterocycles. The predicted octanol–water partition coefficient (Wildman–Crippen LogP) is 4.64. The molecule has 2 atom stereocenters. The van der Waals surface area contributed by atoms with Crippen molar-refractivity contribution in [2.75, 3.05) is 6.61 Å². The fourth-order valence-corrected chi connectivity index (χ4v) is 3.30. The monoisotopic (exact) mass is 234 g/mol. The van der Waals surface area contributed by atoms with Crippen molar-refractivity contribution in [2.24, 2.45) is 5.41 Å². The van der Waals surface area contributed by atoms with Crippen molar-refractivity contribution in [3.05, 3.63) is 23.8 Å². The van der Waals surface area contributed by atoms with Crippen LogP contribution in [0.1, 0.15) is 58.8 Å². The maximum atomic E-state index is 6.01. The Balaban J connectivity index is 2.00. The molecule has 2 aliphatic rings. The third-order valence-corrected chi connectivity index (χ3v) is 4.63. The molecule has 0 aromatic rings. The number of allylic oxidation sites excluding steroid dienone is 3. The summed E-state index contributed by atoms with van der Waals surface area (Å²) in [5.41, 5.74) is 2.06. The average molecular weight is 234 g/mol. The van der Waals surface area contributed by atoms with Gasteiger partial charge >= 0.3 is 0 Å². The molecular formula is C16H26O. The highest BCUT2D eigenvalue weighted by Crippen LogP contribution is 2.46. The molecule has 0 radical (unpaired) electrons. The normalized spacial score (nSPS) is 32.0. The molecule has 0 N–H and O–H groups in total. The van der Waals surface area contributed by atoms with Gasteiger partial charge in [0.05, 0.1) is 6.10 Å². The van der Waals surface area contributed by atoms with Crippen LogP contribution >= 0.6 is 0 Å². The molecule has 17 heavy (non-hydrogen) atoms. The van der Waals surface area contributed by atoms with E-state index in [1.807, 2.05) is 0 Å². The summed E-state index contributed by atoms with van der Waals surface area (Å²) >= 11 is 0. The van der Waals surface area contributed by atoms with Crippen LogP contribution in [-0.2, 0) is 4.74 Å². The van der Waals surface area contributed by atoms with Crippen LogP contribution < -0.4 is 0 Å². The third kappa shape index (κ3) is 2.82. The lowest BCUT2D eigenvalue weighted by atomic mass is 9.71. The van der Waals surface area contributed by atoms with Gasteiger partial charge in [-0.05, 0) is 44.9 Å². The van der Waals surface area contributed by atoms with Crippen molar-refractivity contribution in [2.45, 2.75) is 64.9 Å². The summed E-state index contributed by atoms with van der Waals surface area (Å²) < 4.78 is 6.01. The Morgan fingerprint density at radius 1 is 1.29 bits per heavy atom. The van der Waals surface area contributed by atoms with Gasteiger partial charge in [0.2, 0.25) is 0 Å². The molecule has 1 heteroatoms. The highest BCUT2D eigenvalue weighted by Gasteiger charge is 2.42. The van der Waals surface area contributed by atoms with Gasteiger partial charge in [-0.25, -0.2) is 0 Å². The molecule has 1 spiro atoms. The quantitative estimate of drug-likeness (QED) is 0.644. The van der Waals surface area contributed by atoms with Crippen LogP contribution in [-0.4, -0.2) is 12.7 Å². The largest absolute Gasteiger partial charge is 0.377 e. The SMILES string of the molecule is CCC(=CCC1OCCC12CC=CCC2)CC. The first kappa shape index (κ1) is 12.9. The van der Waals surface area contributed by atoms with Crippen molar-refractivity contribution >= 4 is 0 Å². The molecule has 0 saturated carbocycles. The standard InChI is InChI=1S/C16H26O/c1-3-14(4-2)8-9-15-16(12-13-17-15)10-6-5-7-11-16/h5-6,8,15H,3-4,7,9-13H2,1-2H3. The summed E-state index contributed by atoms with van der Waals surface area (Å²) in [6.45, 7) is 5.48. The fourth-order valence-electron chi connectivity index (χ4n) is 3.30. The van der Waals surface area contributed by atoms with E-state index in [0.29, 0.717) is 11.5 Å². The molecule has 1 nitrogen and oxygen atoms in total. The lowest BCUT2D eigenvalue weighted by Crippen LogP contribution is -2.31. The Morgan fingerprint density at radius 2 is 2.12 bits per heavy atom. The second-order valence-electron chi connectivity index (χ2n) is 5.49. The minimum absolute atomic E-state index is 0.470. The number of ether oxygens (including phenoxy) is 1. The van der Waals surface area contributed by atoms with Gasteiger partial charge in [-0.2, -0.15) is 0 Å². The minimum atomic E-state index is 0.470. The van der Waals surface area contributed by atoms with Crippen LogP contribution in [0.2, 0.25) is 0 Å². The molecule has 0 amide bonds. The van der Waals surface area contributed by atoms with Gasteiger partial charge in [0.1, 0.15) is 0 Å². The summed E-state index contributed by atoms with van der Waals surface area (Å²) in [5, 5.41) is 0. The molecular weight excluding hydrogens is 208 g/mol. The Labute approximate surface area is 106 Å². The molecule has 2 rings (SSSR count). The van der Waals surface area contributed by atoms with Crippen LogP contribution in [0.15, 0.2) is 23.8 Å². The van der Waals surface area contributed by atoms with Gasteiger partial charge in [0, 0.05) is 12.0 Å². The van der Waals surface area contributed by atoms with Crippen LogP contribution in [0.25, 0.3) is 0 Å². The van der Waals surface area contributed by atoms with Crippen molar-refractivity contribution in [3.8, 4) is 0 Å². The lowest BCUT2D eigenvalue weighted by molar-refractivity contribution is 0.0458. The Hall–Kier alpha value is -0.560. The molecule has 96 valence electrons. The van der Waals surface area contributed by atoms with E-state index in [-0.39, 0.29) is 0 Å². The van der Waals surface area contributed by atoms with Crippen LogP contribution in [0, 0.1) is 5.41 Å². The van der Waals surface area contributed by atoms with Gasteiger partial charge in [0.25, 0.3) is 0 Å². The van der Waals surface area contributed by atoms with Crippen LogP contribution in [0.4, 0.5) is 0 Å². The predicted molar refractivity (Wildman–Crippen MR) is 73.1 cm³/mol. The highest BCUT2D eigenvalue weighted by atomic mass is 16.5. The van der Waals surface area contributed by atoms with Gasteiger partial charge in [-0.1, -0.05) is 37.6 Å². The zero-order valence-electron chi connectivity index (χ0n) is 11.4. The van der Waals surface area contributed by atoms with Crippen molar-refractivity contribution in [1.82, 2.24) is 0 Å². The van der Waals surface area contributed by atoms with E-state index in [9.17, 15) is 0 Å². The second kappa shape index (κ2) is 5.86. The van der Waals surface area contributed by atoms with Gasteiger partial charge in [-0.15, -0.1) is 0 Å². The zero-order valence-corrected chi connectivity index (χ0v) is 11.4. The van der Waals surface area contributed by atoms with E-state index < -0.39 is 0 Å². The average Bonchev–Trinajstić information content (AvgIpc) is 2.74. The summed E-state index contributed by atoms with van der Waals surface area (Å²) in [7, 11) is 0. The summed E-state index contributed by atoms with van der Waals surface area (Å²) in [5.74, 6) is 0. The first-order valence-electron chi connectivity index (χ1n) is 7.25. The molecule has 1 saturated heterocycles. The molecule has 1 fully saturated rings. The second-order valence-corrected chi connectivity index (χ2v) is 5.49. The van der Waals surface area contributed by atoms with Gasteiger partial charge < -0.3 is 4.74 Å². The van der Waals surface area contributed by atoms with Gasteiger partial charge in [-0.3, -0.25) is 0 Å². The van der Waals surface area contributed by atoms with Gasteiger partial charge in [0.15, 0.2) is 0 Å². The van der Waals surface area contributed by atoms with E-state index in [4.69, 9.17) is 4.74 Å². The third-order valence-electron chi connectivity index (χ3n) is 4.63. The Kier molecular flexibility index (Phi) is 4.44. The first-order valence-corrected chi connectivity index (χ1v) is 7.25. The lowest BCUT2D eigenvalue weighted by Gasteiger charge is -2.35. The molecule has 0 bridgehead atoms. The molecule has 2 unspecified atom stereocenters. The number of hydrogen-bond donors (Lipinski definition) is 0. The summed E-state index contributed by atoms with van der Waals surface area (Å²) in [4.78, 5) is 0. The van der Waals surface area contributed by atoms with E-state index >= 15 is 0 Å². The van der Waals surface area contributed by atoms with Crippen molar-refractivity contribution < 1.29 is 4.74 Å². The smallest absolute Gasteiger partial charge is 0.0669 e. The highest BCUT2D eigenvalue weighted by molar-refractivity contribution is 5.08. The summed E-state index contributed by atoms with van der Waals surface area (Å²) in [6.07, 6.45) is 16.2. The Bertz CT molecular complexity index is 297. The number of rotatable bonds is 4. The Morgan fingerprint density at radius 3 is 2.76 bits per heavy atom. The van der Waals surface area contributed by atoms with E-state index in [1.165, 1.54) is 38.5 Å². The maximum Gasteiger partial charge on any atom is 0.0669 e. The minimum Gasteiger partial charge on any atom is -0.377 e. The van der Waals surface area contributed by atoms with Crippen LogP contribution in [0.3, 0.4) is 0 Å². The molecule has 1 aliphatic carbocycles.